The summed E-state index contributed by atoms with van der Waals surface area (Å²) in [6.45, 7) is 7.88. The first-order chi connectivity index (χ1) is 13.8. The predicted octanol–water partition coefficient (Wildman–Crippen LogP) is 4.13. The Balaban J connectivity index is 1.96. The smallest absolute Gasteiger partial charge is 0.250 e. The molecule has 0 aliphatic rings. The number of thioether (sulfide) groups is 1. The number of carbonyl (C=O) groups is 1. The number of halogens is 1. The van der Waals surface area contributed by atoms with Crippen molar-refractivity contribution >= 4 is 46.5 Å². The molecule has 0 spiro atoms. The van der Waals surface area contributed by atoms with Gasteiger partial charge in [-0.25, -0.2) is 15.4 Å². The topological polar surface area (TPSA) is 85.7 Å². The van der Waals surface area contributed by atoms with Gasteiger partial charge in [-0.15, -0.1) is 0 Å². The second-order valence-electron chi connectivity index (χ2n) is 6.39. The molecule has 9 heteroatoms. The molecule has 0 bridgehead atoms. The number of hydrogen-bond acceptors (Lipinski definition) is 7. The second-order valence-corrected chi connectivity index (χ2v) is 8.49. The molecule has 0 aliphatic heterocycles. The molecule has 1 N–H and O–H groups in total. The van der Waals surface area contributed by atoms with Crippen molar-refractivity contribution in [2.45, 2.75) is 45.4 Å². The Labute approximate surface area is 189 Å². The van der Waals surface area contributed by atoms with E-state index >= 15 is 0 Å². The molecule has 0 aliphatic carbocycles. The largest absolute Gasteiger partial charge is 0.493 e. The van der Waals surface area contributed by atoms with Crippen LogP contribution in [0.2, 0.25) is 0 Å². The van der Waals surface area contributed by atoms with Crippen LogP contribution in [0.3, 0.4) is 0 Å². The molecule has 0 saturated carbocycles. The maximum absolute atomic E-state index is 12.0. The summed E-state index contributed by atoms with van der Waals surface area (Å²) in [6, 6.07) is 5.64. The maximum atomic E-state index is 12.0. The average Bonchev–Trinajstić information content (AvgIpc) is 2.67. The third-order valence-electron chi connectivity index (χ3n) is 3.84. The SMILES string of the molecule is CC[C@H](C)Oc1c(I)cc(/C=N\NC(=O)CSc2nc(C)cc(C)n2)cc1OC. The predicted molar refractivity (Wildman–Crippen MR) is 124 cm³/mol. The molecule has 2 aromatic rings. The molecular formula is C20H25IN4O3S. The second kappa shape index (κ2) is 11.3. The zero-order chi connectivity index (χ0) is 21.4. The molecular weight excluding hydrogens is 503 g/mol. The van der Waals surface area contributed by atoms with Crippen LogP contribution in [0.1, 0.15) is 37.2 Å². The van der Waals surface area contributed by atoms with E-state index in [1.54, 1.807) is 13.3 Å². The number of hydrazone groups is 1. The number of nitrogens with one attached hydrogen (secondary N) is 1. The van der Waals surface area contributed by atoms with E-state index in [-0.39, 0.29) is 17.8 Å². The molecule has 2 rings (SSSR count). The van der Waals surface area contributed by atoms with E-state index in [9.17, 15) is 4.79 Å². The van der Waals surface area contributed by atoms with E-state index in [0.29, 0.717) is 16.7 Å². The fourth-order valence-electron chi connectivity index (χ4n) is 2.31. The zero-order valence-corrected chi connectivity index (χ0v) is 20.1. The lowest BCUT2D eigenvalue weighted by molar-refractivity contribution is -0.118. The minimum atomic E-state index is -0.229. The summed E-state index contributed by atoms with van der Waals surface area (Å²) in [5.41, 5.74) is 5.08. The van der Waals surface area contributed by atoms with Crippen molar-refractivity contribution in [2.24, 2.45) is 5.10 Å². The molecule has 1 atom stereocenters. The fourth-order valence-corrected chi connectivity index (χ4v) is 3.81. The molecule has 1 amide bonds. The number of carbonyl (C=O) groups excluding carboxylic acids is 1. The van der Waals surface area contributed by atoms with Gasteiger partial charge in [0.2, 0.25) is 0 Å². The Hall–Kier alpha value is -1.88. The highest BCUT2D eigenvalue weighted by Gasteiger charge is 2.13. The number of methoxy groups -OCH3 is 1. The Morgan fingerprint density at radius 1 is 1.31 bits per heavy atom. The van der Waals surface area contributed by atoms with E-state index in [0.717, 1.165) is 26.9 Å². The van der Waals surface area contributed by atoms with Gasteiger partial charge >= 0.3 is 0 Å². The highest BCUT2D eigenvalue weighted by atomic mass is 127. The maximum Gasteiger partial charge on any atom is 0.250 e. The van der Waals surface area contributed by atoms with Crippen molar-refractivity contribution in [2.75, 3.05) is 12.9 Å². The fraction of sp³-hybridized carbons (Fsp3) is 0.400. The average molecular weight is 528 g/mol. The van der Waals surface area contributed by atoms with Crippen LogP contribution in [0.15, 0.2) is 28.5 Å². The van der Waals surface area contributed by atoms with Crippen LogP contribution in [-0.4, -0.2) is 41.1 Å². The Kier molecular flexibility index (Phi) is 9.15. The Bertz CT molecular complexity index is 872. The van der Waals surface area contributed by atoms with Gasteiger partial charge in [0.1, 0.15) is 0 Å². The molecule has 1 aromatic carbocycles. The summed E-state index contributed by atoms with van der Waals surface area (Å²) in [5.74, 6) is 1.30. The summed E-state index contributed by atoms with van der Waals surface area (Å²) in [7, 11) is 1.60. The van der Waals surface area contributed by atoms with Crippen LogP contribution in [0, 0.1) is 17.4 Å². The number of hydrogen-bond donors (Lipinski definition) is 1. The van der Waals surface area contributed by atoms with Crippen LogP contribution in [0.5, 0.6) is 11.5 Å². The minimum absolute atomic E-state index is 0.0925. The van der Waals surface area contributed by atoms with Crippen molar-refractivity contribution in [3.8, 4) is 11.5 Å². The lowest BCUT2D eigenvalue weighted by atomic mass is 10.2. The van der Waals surface area contributed by atoms with Gasteiger partial charge in [-0.3, -0.25) is 4.79 Å². The highest BCUT2D eigenvalue weighted by molar-refractivity contribution is 14.1. The van der Waals surface area contributed by atoms with Gasteiger partial charge < -0.3 is 9.47 Å². The van der Waals surface area contributed by atoms with Gasteiger partial charge in [0, 0.05) is 11.4 Å². The van der Waals surface area contributed by atoms with Gasteiger partial charge in [0.15, 0.2) is 16.7 Å². The molecule has 0 fully saturated rings. The number of rotatable bonds is 9. The van der Waals surface area contributed by atoms with E-state index in [4.69, 9.17) is 9.47 Å². The molecule has 0 saturated heterocycles. The molecule has 1 heterocycles. The molecule has 0 radical (unpaired) electrons. The normalized spacial score (nSPS) is 12.1. The molecule has 1 aromatic heterocycles. The van der Waals surface area contributed by atoms with Crippen LogP contribution in [-0.2, 0) is 4.79 Å². The van der Waals surface area contributed by atoms with Crippen molar-refractivity contribution in [3.63, 3.8) is 0 Å². The van der Waals surface area contributed by atoms with E-state index in [2.05, 4.69) is 50.0 Å². The van der Waals surface area contributed by atoms with Crippen LogP contribution >= 0.6 is 34.4 Å². The monoisotopic (exact) mass is 528 g/mol. The number of ether oxygens (including phenoxy) is 2. The number of nitrogens with zero attached hydrogens (tertiary/aromatic N) is 3. The Morgan fingerprint density at radius 2 is 2.00 bits per heavy atom. The standard InChI is InChI=1S/C20H25IN4O3S/c1-6-14(4)28-19-16(21)8-15(9-17(19)27-5)10-22-25-18(26)11-29-20-23-12(2)7-13(3)24-20/h7-10,14H,6,11H2,1-5H3,(H,25,26)/b22-10-/t14-/m0/s1. The van der Waals surface area contributed by atoms with Gasteiger partial charge in [-0.2, -0.15) is 5.10 Å². The van der Waals surface area contributed by atoms with Crippen LogP contribution in [0.4, 0.5) is 0 Å². The molecule has 7 nitrogen and oxygen atoms in total. The van der Waals surface area contributed by atoms with Crippen molar-refractivity contribution in [1.82, 2.24) is 15.4 Å². The van der Waals surface area contributed by atoms with Gasteiger partial charge in [-0.1, -0.05) is 18.7 Å². The first-order valence-corrected chi connectivity index (χ1v) is 11.2. The molecule has 156 valence electrons. The van der Waals surface area contributed by atoms with Crippen molar-refractivity contribution < 1.29 is 14.3 Å². The molecule has 0 unspecified atom stereocenters. The minimum Gasteiger partial charge on any atom is -0.493 e. The summed E-state index contributed by atoms with van der Waals surface area (Å²) < 4.78 is 12.3. The third kappa shape index (κ3) is 7.46. The van der Waals surface area contributed by atoms with Gasteiger partial charge in [0.05, 0.1) is 28.8 Å². The zero-order valence-electron chi connectivity index (χ0n) is 17.2. The number of amides is 1. The first kappa shape index (κ1) is 23.4. The summed E-state index contributed by atoms with van der Waals surface area (Å²) in [4.78, 5) is 20.6. The number of aromatic nitrogens is 2. The lowest BCUT2D eigenvalue weighted by Crippen LogP contribution is -2.20. The molecule has 29 heavy (non-hydrogen) atoms. The lowest BCUT2D eigenvalue weighted by Gasteiger charge is -2.17. The van der Waals surface area contributed by atoms with Crippen molar-refractivity contribution in [3.05, 3.63) is 38.7 Å². The van der Waals surface area contributed by atoms with Crippen LogP contribution < -0.4 is 14.9 Å². The van der Waals surface area contributed by atoms with E-state index < -0.39 is 0 Å². The van der Waals surface area contributed by atoms with Crippen molar-refractivity contribution in [1.29, 1.82) is 0 Å². The van der Waals surface area contributed by atoms with E-state index in [1.807, 2.05) is 39.0 Å². The summed E-state index contributed by atoms with van der Waals surface area (Å²) in [5, 5.41) is 4.62. The third-order valence-corrected chi connectivity index (χ3v) is 5.49. The van der Waals surface area contributed by atoms with Gasteiger partial charge in [0.25, 0.3) is 5.91 Å². The number of aryl methyl sites for hydroxylation is 2. The summed E-state index contributed by atoms with van der Waals surface area (Å²) >= 11 is 3.48. The van der Waals surface area contributed by atoms with Crippen LogP contribution in [0.25, 0.3) is 0 Å². The summed E-state index contributed by atoms with van der Waals surface area (Å²) in [6.07, 6.45) is 2.57. The quantitative estimate of drug-likeness (QED) is 0.173. The Morgan fingerprint density at radius 3 is 2.62 bits per heavy atom. The van der Waals surface area contributed by atoms with E-state index in [1.165, 1.54) is 11.8 Å². The highest BCUT2D eigenvalue weighted by Crippen LogP contribution is 2.34. The van der Waals surface area contributed by atoms with Gasteiger partial charge in [-0.05, 0) is 73.5 Å². The first-order valence-electron chi connectivity index (χ1n) is 9.13. The number of benzene rings is 1.